The SMILES string of the molecule is O=S(=O)([O-])C1CC(S(=O)(=O)[O-])NC(S(=O)(=O)[O-])C1.[Na+].[Na+].[Na+]. The van der Waals surface area contributed by atoms with Crippen molar-refractivity contribution >= 4 is 30.4 Å². The van der Waals surface area contributed by atoms with Gasteiger partial charge in [0.1, 0.15) is 31.0 Å². The fraction of sp³-hybridized carbons (Fsp3) is 1.00. The van der Waals surface area contributed by atoms with E-state index >= 15 is 0 Å². The van der Waals surface area contributed by atoms with Crippen molar-refractivity contribution in [1.82, 2.24) is 5.32 Å². The number of hydrogen-bond donors (Lipinski definition) is 1. The first kappa shape index (κ1) is 28.5. The molecule has 1 heterocycles. The third-order valence-corrected chi connectivity index (χ3v) is 5.68. The summed E-state index contributed by atoms with van der Waals surface area (Å²) in [6.07, 6.45) is -1.77. The van der Waals surface area contributed by atoms with Crippen molar-refractivity contribution < 1.29 is 128 Å². The Morgan fingerprint density at radius 1 is 0.667 bits per heavy atom. The molecule has 0 spiro atoms. The Kier molecular flexibility index (Phi) is 13.6. The summed E-state index contributed by atoms with van der Waals surface area (Å²) in [5.41, 5.74) is 0. The second-order valence-electron chi connectivity index (χ2n) is 3.72. The van der Waals surface area contributed by atoms with Gasteiger partial charge in [0.25, 0.3) is 0 Å². The van der Waals surface area contributed by atoms with Crippen LogP contribution in [-0.2, 0) is 30.4 Å². The average Bonchev–Trinajstić information content (AvgIpc) is 2.13. The monoisotopic (exact) mass is 391 g/mol. The van der Waals surface area contributed by atoms with Crippen LogP contribution in [0.2, 0.25) is 0 Å². The van der Waals surface area contributed by atoms with Gasteiger partial charge in [0.05, 0.1) is 15.4 Å². The van der Waals surface area contributed by atoms with Gasteiger partial charge in [-0.1, -0.05) is 0 Å². The molecule has 108 valence electrons. The molecule has 1 saturated heterocycles. The molecule has 1 fully saturated rings. The van der Waals surface area contributed by atoms with Crippen LogP contribution >= 0.6 is 0 Å². The topological polar surface area (TPSA) is 184 Å². The van der Waals surface area contributed by atoms with E-state index in [1.807, 2.05) is 0 Å². The zero-order chi connectivity index (χ0) is 14.4. The minimum Gasteiger partial charge on any atom is -0.748 e. The van der Waals surface area contributed by atoms with E-state index in [-0.39, 0.29) is 88.7 Å². The van der Waals surface area contributed by atoms with Crippen LogP contribution in [0.3, 0.4) is 0 Å². The van der Waals surface area contributed by atoms with Gasteiger partial charge < -0.3 is 13.7 Å². The van der Waals surface area contributed by atoms with Gasteiger partial charge in [-0.15, -0.1) is 0 Å². The summed E-state index contributed by atoms with van der Waals surface area (Å²) in [5, 5.41) is -4.39. The van der Waals surface area contributed by atoms with E-state index in [0.717, 1.165) is 0 Å². The summed E-state index contributed by atoms with van der Waals surface area (Å²) < 4.78 is 96.6. The van der Waals surface area contributed by atoms with Crippen LogP contribution in [0.4, 0.5) is 0 Å². The summed E-state index contributed by atoms with van der Waals surface area (Å²) in [7, 11) is -15.2. The van der Waals surface area contributed by atoms with Crippen molar-refractivity contribution in [2.75, 3.05) is 0 Å². The molecule has 21 heavy (non-hydrogen) atoms. The van der Waals surface area contributed by atoms with Gasteiger partial charge in [-0.05, 0) is 12.8 Å². The van der Waals surface area contributed by atoms with E-state index in [1.54, 1.807) is 5.32 Å². The maximum absolute atomic E-state index is 10.8. The molecule has 2 unspecified atom stereocenters. The van der Waals surface area contributed by atoms with Crippen molar-refractivity contribution in [2.45, 2.75) is 28.8 Å². The smallest absolute Gasteiger partial charge is 0.748 e. The van der Waals surface area contributed by atoms with E-state index < -0.39 is 59.2 Å². The zero-order valence-corrected chi connectivity index (χ0v) is 20.0. The molecule has 0 bridgehead atoms. The Balaban J connectivity index is -0.00000108. The Morgan fingerprint density at radius 2 is 0.952 bits per heavy atom. The first-order chi connectivity index (χ1) is 7.82. The predicted octanol–water partition coefficient (Wildman–Crippen LogP) is -12.0. The molecule has 1 aliphatic rings. The fourth-order valence-electron chi connectivity index (χ4n) is 1.56. The van der Waals surface area contributed by atoms with Crippen LogP contribution in [0.15, 0.2) is 0 Å². The molecular formula is C5H8NNa3O9S3. The summed E-state index contributed by atoms with van der Waals surface area (Å²) in [5.74, 6) is 0. The zero-order valence-electron chi connectivity index (χ0n) is 11.5. The van der Waals surface area contributed by atoms with Gasteiger partial charge in [0.15, 0.2) is 0 Å². The van der Waals surface area contributed by atoms with E-state index in [4.69, 9.17) is 0 Å². The molecular weight excluding hydrogens is 383 g/mol. The van der Waals surface area contributed by atoms with Crippen molar-refractivity contribution in [3.8, 4) is 0 Å². The third-order valence-electron chi connectivity index (χ3n) is 2.43. The quantitative estimate of drug-likeness (QED) is 0.358. The van der Waals surface area contributed by atoms with Gasteiger partial charge in [-0.3, -0.25) is 5.32 Å². The largest absolute Gasteiger partial charge is 1.00 e. The molecule has 0 aromatic rings. The molecule has 0 amide bonds. The van der Waals surface area contributed by atoms with Gasteiger partial charge in [0, 0.05) is 0 Å². The van der Waals surface area contributed by atoms with Crippen molar-refractivity contribution in [3.63, 3.8) is 0 Å². The maximum atomic E-state index is 10.8. The van der Waals surface area contributed by atoms with Crippen LogP contribution in [0, 0.1) is 0 Å². The minimum atomic E-state index is -5.08. The molecule has 0 radical (unpaired) electrons. The summed E-state index contributed by atoms with van der Waals surface area (Å²) in [4.78, 5) is 0. The number of nitrogens with one attached hydrogen (secondary N) is 1. The van der Waals surface area contributed by atoms with E-state index in [2.05, 4.69) is 0 Å². The molecule has 1 rings (SSSR count). The minimum absolute atomic E-state index is 0. The molecule has 16 heteroatoms. The van der Waals surface area contributed by atoms with Crippen molar-refractivity contribution in [2.24, 2.45) is 0 Å². The predicted molar refractivity (Wildman–Crippen MR) is 52.8 cm³/mol. The number of piperidine rings is 1. The van der Waals surface area contributed by atoms with Gasteiger partial charge >= 0.3 is 88.7 Å². The number of hydrogen-bond acceptors (Lipinski definition) is 10. The van der Waals surface area contributed by atoms with Gasteiger partial charge in [0.2, 0.25) is 0 Å². The molecule has 0 aliphatic carbocycles. The van der Waals surface area contributed by atoms with Crippen LogP contribution in [0.5, 0.6) is 0 Å². The summed E-state index contributed by atoms with van der Waals surface area (Å²) in [6, 6.07) is 0. The Labute approximate surface area is 189 Å². The molecule has 1 N–H and O–H groups in total. The van der Waals surface area contributed by atoms with Crippen molar-refractivity contribution in [3.05, 3.63) is 0 Å². The van der Waals surface area contributed by atoms with E-state index in [0.29, 0.717) is 0 Å². The molecule has 2 atom stereocenters. The van der Waals surface area contributed by atoms with Gasteiger partial charge in [-0.2, -0.15) is 0 Å². The van der Waals surface area contributed by atoms with E-state index in [1.165, 1.54) is 0 Å². The molecule has 0 aromatic heterocycles. The normalized spacial score (nSPS) is 26.7. The first-order valence-electron chi connectivity index (χ1n) is 4.42. The Hall–Kier alpha value is 2.69. The molecule has 10 nitrogen and oxygen atoms in total. The summed E-state index contributed by atoms with van der Waals surface area (Å²) in [6.45, 7) is 0. The van der Waals surface area contributed by atoms with Gasteiger partial charge in [-0.25, -0.2) is 25.3 Å². The Bertz CT molecular complexity index is 533. The molecule has 0 saturated carbocycles. The standard InChI is InChI=1S/C5H11NO9S3.3Na/c7-16(8,9)3-1-4(17(10,11)12)6-5(2-3)18(13,14)15;;;/h3-6H,1-2H2,(H,7,8,9)(H,10,11,12)(H,13,14,15);;;/q;3*+1/p-3. The van der Waals surface area contributed by atoms with E-state index in [9.17, 15) is 38.9 Å². The second kappa shape index (κ2) is 9.99. The van der Waals surface area contributed by atoms with Crippen LogP contribution in [0.25, 0.3) is 0 Å². The maximum Gasteiger partial charge on any atom is 1.00 e. The second-order valence-corrected chi connectivity index (χ2v) is 8.48. The van der Waals surface area contributed by atoms with Crippen molar-refractivity contribution in [1.29, 1.82) is 0 Å². The van der Waals surface area contributed by atoms with Crippen LogP contribution in [0.1, 0.15) is 12.8 Å². The van der Waals surface area contributed by atoms with Crippen LogP contribution < -0.4 is 94.0 Å². The average molecular weight is 391 g/mol. The fourth-order valence-corrected chi connectivity index (χ4v) is 4.34. The Morgan fingerprint density at radius 3 is 1.14 bits per heavy atom. The third kappa shape index (κ3) is 9.09. The molecule has 1 aliphatic heterocycles. The molecule has 0 aromatic carbocycles. The summed E-state index contributed by atoms with van der Waals surface area (Å²) >= 11 is 0. The van der Waals surface area contributed by atoms with Crippen LogP contribution in [-0.4, -0.2) is 54.9 Å². The first-order valence-corrected chi connectivity index (χ1v) is 8.83. The number of rotatable bonds is 3.